The van der Waals surface area contributed by atoms with Gasteiger partial charge in [0.25, 0.3) is 0 Å². The highest BCUT2D eigenvalue weighted by Gasteiger charge is 2.33. The molecule has 0 radical (unpaired) electrons. The average Bonchev–Trinajstić information content (AvgIpc) is 4.06. The number of hydrogen-bond acceptors (Lipinski definition) is 10. The minimum absolute atomic E-state index is 0.125. The minimum Gasteiger partial charge on any atom is -0.493 e. The third-order valence-electron chi connectivity index (χ3n) is 10.1. The summed E-state index contributed by atoms with van der Waals surface area (Å²) in [6, 6.07) is 30.9. The van der Waals surface area contributed by atoms with Gasteiger partial charge in [0.2, 0.25) is 0 Å². The molecule has 0 saturated heterocycles. The molecule has 11 heteroatoms. The third-order valence-corrected chi connectivity index (χ3v) is 13.5. The second-order valence-corrected chi connectivity index (χ2v) is 17.7. The topological polar surface area (TPSA) is 108 Å². The lowest BCUT2D eigenvalue weighted by Crippen LogP contribution is -2.19. The molecular weight excluding hydrogens is 781 g/mol. The first-order valence-electron chi connectivity index (χ1n) is 20.1. The lowest BCUT2D eigenvalue weighted by molar-refractivity contribution is -0.132. The Hall–Kier alpha value is -5.28. The maximum Gasteiger partial charge on any atom is 0.346 e. The summed E-state index contributed by atoms with van der Waals surface area (Å²) in [5, 5.41) is 27.0. The number of benzene rings is 3. The van der Waals surface area contributed by atoms with Crippen molar-refractivity contribution in [2.45, 2.75) is 84.6 Å². The Morgan fingerprint density at radius 3 is 2.31 bits per heavy atom. The number of aryl methyl sites for hydroxylation is 1. The van der Waals surface area contributed by atoms with Gasteiger partial charge in [0, 0.05) is 38.2 Å². The summed E-state index contributed by atoms with van der Waals surface area (Å²) in [6.07, 6.45) is 11.2. The number of nitriles is 1. The summed E-state index contributed by atoms with van der Waals surface area (Å²) in [7, 11) is 0. The van der Waals surface area contributed by atoms with E-state index in [1.165, 1.54) is 53.4 Å². The van der Waals surface area contributed by atoms with Crippen LogP contribution in [0.2, 0.25) is 0 Å². The van der Waals surface area contributed by atoms with Gasteiger partial charge in [0.1, 0.15) is 28.1 Å². The molecule has 0 spiro atoms. The molecule has 58 heavy (non-hydrogen) atoms. The van der Waals surface area contributed by atoms with E-state index in [4.69, 9.17) is 19.6 Å². The van der Waals surface area contributed by atoms with Crippen LogP contribution < -0.4 is 14.5 Å². The van der Waals surface area contributed by atoms with Crippen LogP contribution in [-0.4, -0.2) is 35.0 Å². The van der Waals surface area contributed by atoms with Crippen LogP contribution in [0.3, 0.4) is 0 Å². The van der Waals surface area contributed by atoms with E-state index < -0.39 is 5.97 Å². The van der Waals surface area contributed by atoms with Crippen LogP contribution >= 0.6 is 34.0 Å². The van der Waals surface area contributed by atoms with Crippen molar-refractivity contribution in [3.8, 4) is 37.9 Å². The highest BCUT2D eigenvalue weighted by Crippen LogP contribution is 2.44. The molecule has 0 aliphatic carbocycles. The second-order valence-electron chi connectivity index (χ2n) is 14.5. The molecule has 1 aliphatic heterocycles. The fourth-order valence-corrected chi connectivity index (χ4v) is 10.1. The molecule has 1 N–H and O–H groups in total. The predicted molar refractivity (Wildman–Crippen MR) is 241 cm³/mol. The number of unbranched alkanes of at least 4 members (excludes halogenated alkanes) is 6. The predicted octanol–water partition coefficient (Wildman–Crippen LogP) is 13.3. The Bertz CT molecular complexity index is 2450. The van der Waals surface area contributed by atoms with Crippen molar-refractivity contribution >= 4 is 67.7 Å². The molecular formula is C47H48N4O4S3. The normalized spacial score (nSPS) is 14.2. The van der Waals surface area contributed by atoms with Crippen molar-refractivity contribution in [1.82, 2.24) is 4.98 Å². The molecule has 1 atom stereocenters. The third kappa shape index (κ3) is 9.87. The van der Waals surface area contributed by atoms with Crippen LogP contribution in [0.25, 0.3) is 36.6 Å². The zero-order chi connectivity index (χ0) is 40.4. The number of aliphatic carboxylic acids is 1. The maximum absolute atomic E-state index is 11.4. The first-order chi connectivity index (χ1) is 28.3. The zero-order valence-electron chi connectivity index (χ0n) is 33.2. The van der Waals surface area contributed by atoms with E-state index in [1.54, 1.807) is 28.7 Å². The van der Waals surface area contributed by atoms with E-state index in [1.807, 2.05) is 12.1 Å². The lowest BCUT2D eigenvalue weighted by Gasteiger charge is -2.26. The largest absolute Gasteiger partial charge is 0.493 e. The minimum atomic E-state index is -1.23. The summed E-state index contributed by atoms with van der Waals surface area (Å²) >= 11 is 4.83. The molecule has 6 aromatic rings. The van der Waals surface area contributed by atoms with Gasteiger partial charge in [-0.05, 0) is 104 Å². The zero-order valence-corrected chi connectivity index (χ0v) is 35.7. The van der Waals surface area contributed by atoms with Gasteiger partial charge >= 0.3 is 5.97 Å². The van der Waals surface area contributed by atoms with Gasteiger partial charge in [-0.25, -0.2) is 9.78 Å². The Morgan fingerprint density at radius 1 is 0.845 bits per heavy atom. The highest BCUT2D eigenvalue weighted by molar-refractivity contribution is 7.23. The standard InChI is InChI=1S/C47H48N4O4S3/c1-4-6-8-10-24-54-35-17-19-37(41(28-35)55-25-11-9-7-5-2)40-29-39(42-22-23-44(57-42)43-21-18-36(56-43)27-33(30-48)47(52)53)50-51(40)34-15-13-32(14-16-34)46-49-38-20-12-31(3)26-45(38)58-46/h12-23,26-28,40H,4-11,24-25,29H2,1-3H3,(H,52,53)/b33-27+. The van der Waals surface area contributed by atoms with Gasteiger partial charge in [-0.15, -0.1) is 34.0 Å². The van der Waals surface area contributed by atoms with Crippen molar-refractivity contribution in [2.24, 2.45) is 5.10 Å². The quantitative estimate of drug-likeness (QED) is 0.0492. The van der Waals surface area contributed by atoms with Gasteiger partial charge < -0.3 is 14.6 Å². The molecule has 0 saturated carbocycles. The Labute approximate surface area is 352 Å². The number of aromatic nitrogens is 1. The van der Waals surface area contributed by atoms with Crippen LogP contribution in [0, 0.1) is 18.3 Å². The van der Waals surface area contributed by atoms with Gasteiger partial charge in [0.05, 0.1) is 45.7 Å². The first kappa shape index (κ1) is 40.9. The molecule has 7 rings (SSSR count). The average molecular weight is 829 g/mol. The summed E-state index contributed by atoms with van der Waals surface area (Å²) in [4.78, 5) is 20.2. The number of hydrazone groups is 1. The first-order valence-corrected chi connectivity index (χ1v) is 22.6. The summed E-state index contributed by atoms with van der Waals surface area (Å²) in [6.45, 7) is 7.87. The molecule has 3 aromatic heterocycles. The highest BCUT2D eigenvalue weighted by atomic mass is 32.1. The number of anilines is 1. The fourth-order valence-electron chi connectivity index (χ4n) is 6.96. The molecule has 3 aromatic carbocycles. The number of carbonyl (C=O) groups is 1. The number of carboxylic acid groups (broad SMARTS) is 1. The SMILES string of the molecule is CCCCCCOc1ccc(C2CC(c3ccc(-c4ccc(/C=C(\C#N)C(=O)O)s4)s3)=NN2c2ccc(-c3nc4ccc(C)cc4s3)cc2)c(OCCCCCC)c1. The van der Waals surface area contributed by atoms with Crippen LogP contribution in [0.5, 0.6) is 11.5 Å². The number of fused-ring (bicyclic) bond motifs is 1. The Morgan fingerprint density at radius 2 is 1.57 bits per heavy atom. The second kappa shape index (κ2) is 19.4. The van der Waals surface area contributed by atoms with Crippen LogP contribution in [0.15, 0.2) is 95.6 Å². The van der Waals surface area contributed by atoms with Crippen LogP contribution in [0.4, 0.5) is 5.69 Å². The van der Waals surface area contributed by atoms with Gasteiger partial charge in [-0.3, -0.25) is 5.01 Å². The van der Waals surface area contributed by atoms with Crippen LogP contribution in [0.1, 0.15) is 98.6 Å². The van der Waals surface area contributed by atoms with Crippen molar-refractivity contribution in [3.63, 3.8) is 0 Å². The van der Waals surface area contributed by atoms with Crippen molar-refractivity contribution in [1.29, 1.82) is 5.26 Å². The van der Waals surface area contributed by atoms with Gasteiger partial charge in [-0.2, -0.15) is 10.4 Å². The van der Waals surface area contributed by atoms with Gasteiger partial charge in [-0.1, -0.05) is 58.4 Å². The Balaban J connectivity index is 1.21. The molecule has 1 aliphatic rings. The van der Waals surface area contributed by atoms with Crippen molar-refractivity contribution < 1.29 is 19.4 Å². The molecule has 8 nitrogen and oxygen atoms in total. The van der Waals surface area contributed by atoms with Crippen LogP contribution in [-0.2, 0) is 4.79 Å². The van der Waals surface area contributed by atoms with E-state index in [0.717, 1.165) is 84.9 Å². The van der Waals surface area contributed by atoms with Crippen molar-refractivity contribution in [3.05, 3.63) is 111 Å². The molecule has 1 unspecified atom stereocenters. The summed E-state index contributed by atoms with van der Waals surface area (Å²) < 4.78 is 14.0. The number of thiophene rings is 2. The van der Waals surface area contributed by atoms with Crippen molar-refractivity contribution in [2.75, 3.05) is 18.2 Å². The number of ether oxygens (including phenoxy) is 2. The van der Waals surface area contributed by atoms with E-state index >= 15 is 0 Å². The fraction of sp³-hybridized carbons (Fsp3) is 0.319. The number of thiazole rings is 1. The van der Waals surface area contributed by atoms with E-state index in [2.05, 4.69) is 98.6 Å². The summed E-state index contributed by atoms with van der Waals surface area (Å²) in [5.74, 6) is 0.424. The summed E-state index contributed by atoms with van der Waals surface area (Å²) in [5.41, 5.74) is 6.04. The molecule has 0 amide bonds. The molecule has 0 bridgehead atoms. The van der Waals surface area contributed by atoms with E-state index in [9.17, 15) is 15.2 Å². The smallest absolute Gasteiger partial charge is 0.346 e. The Kier molecular flexibility index (Phi) is 13.7. The number of nitrogens with zero attached hydrogens (tertiary/aromatic N) is 4. The number of hydrogen-bond donors (Lipinski definition) is 1. The monoisotopic (exact) mass is 828 g/mol. The maximum atomic E-state index is 11.4. The van der Waals surface area contributed by atoms with E-state index in [-0.39, 0.29) is 11.6 Å². The van der Waals surface area contributed by atoms with Gasteiger partial charge in [0.15, 0.2) is 0 Å². The van der Waals surface area contributed by atoms with E-state index in [0.29, 0.717) is 24.5 Å². The number of rotatable bonds is 19. The molecule has 0 fully saturated rings. The molecule has 298 valence electrons. The lowest BCUT2D eigenvalue weighted by atomic mass is 9.99. The number of carboxylic acids is 1. The molecule has 4 heterocycles.